The summed E-state index contributed by atoms with van der Waals surface area (Å²) in [6.45, 7) is 0. The number of hydrogen-bond donors (Lipinski definition) is 4. The third-order valence-electron chi connectivity index (χ3n) is 2.31. The molecule has 0 unspecified atom stereocenters. The van der Waals surface area contributed by atoms with Crippen molar-refractivity contribution in [2.75, 3.05) is 11.1 Å². The highest BCUT2D eigenvalue weighted by molar-refractivity contribution is 6.05. The van der Waals surface area contributed by atoms with Gasteiger partial charge in [0.1, 0.15) is 0 Å². The fourth-order valence-electron chi connectivity index (χ4n) is 1.37. The second-order valence-corrected chi connectivity index (χ2v) is 3.60. The van der Waals surface area contributed by atoms with Crippen molar-refractivity contribution < 1.29 is 15.0 Å². The summed E-state index contributed by atoms with van der Waals surface area (Å²) in [5.74, 6) is -0.883. The molecule has 0 fully saturated rings. The smallest absolute Gasteiger partial charge is 0.257 e. The number of nitrogens with one attached hydrogen (secondary N) is 1. The number of nitrogen functional groups attached to an aromatic ring is 1. The molecule has 2 rings (SSSR count). The Morgan fingerprint density at radius 1 is 1.22 bits per heavy atom. The van der Waals surface area contributed by atoms with Crippen LogP contribution >= 0.6 is 0 Å². The fraction of sp³-hybridized carbons (Fsp3) is 0. The number of nitrogens with two attached hydrogens (primary N) is 1. The van der Waals surface area contributed by atoms with Gasteiger partial charge in [-0.2, -0.15) is 0 Å². The number of aromatic nitrogens is 1. The molecule has 1 aromatic heterocycles. The van der Waals surface area contributed by atoms with E-state index in [2.05, 4.69) is 10.3 Å². The lowest BCUT2D eigenvalue weighted by atomic mass is 10.2. The van der Waals surface area contributed by atoms with Gasteiger partial charge in [0.15, 0.2) is 17.3 Å². The van der Waals surface area contributed by atoms with Crippen molar-refractivity contribution in [3.63, 3.8) is 0 Å². The molecule has 6 nitrogen and oxygen atoms in total. The molecule has 1 aromatic carbocycles. The van der Waals surface area contributed by atoms with Crippen LogP contribution in [-0.2, 0) is 0 Å². The Morgan fingerprint density at radius 2 is 2.00 bits per heavy atom. The maximum Gasteiger partial charge on any atom is 0.257 e. The van der Waals surface area contributed by atoms with Crippen molar-refractivity contribution in [1.29, 1.82) is 0 Å². The number of carbonyl (C=O) groups is 1. The van der Waals surface area contributed by atoms with E-state index in [0.29, 0.717) is 5.69 Å². The Bertz CT molecular complexity index is 599. The lowest BCUT2D eigenvalue weighted by Gasteiger charge is -2.07. The molecular weight excluding hydrogens is 234 g/mol. The minimum absolute atomic E-state index is 0.190. The van der Waals surface area contributed by atoms with E-state index in [-0.39, 0.29) is 22.9 Å². The molecule has 0 bridgehead atoms. The molecule has 0 radical (unpaired) electrons. The van der Waals surface area contributed by atoms with Gasteiger partial charge >= 0.3 is 0 Å². The number of benzene rings is 1. The van der Waals surface area contributed by atoms with Gasteiger partial charge in [-0.3, -0.25) is 4.79 Å². The third-order valence-corrected chi connectivity index (χ3v) is 2.31. The minimum Gasteiger partial charge on any atom is -0.504 e. The molecular formula is C12H11N3O3. The monoisotopic (exact) mass is 245 g/mol. The Kier molecular flexibility index (Phi) is 3.01. The molecule has 0 saturated carbocycles. The number of amides is 1. The van der Waals surface area contributed by atoms with E-state index in [0.717, 1.165) is 6.07 Å². The van der Waals surface area contributed by atoms with Gasteiger partial charge in [0.2, 0.25) is 0 Å². The number of pyridine rings is 1. The van der Waals surface area contributed by atoms with E-state index in [1.807, 2.05) is 0 Å². The first kappa shape index (κ1) is 11.7. The quantitative estimate of drug-likeness (QED) is 0.597. The largest absolute Gasteiger partial charge is 0.504 e. The van der Waals surface area contributed by atoms with Gasteiger partial charge in [0.25, 0.3) is 5.91 Å². The molecule has 0 aliphatic rings. The molecule has 0 saturated heterocycles. The van der Waals surface area contributed by atoms with Crippen LogP contribution in [0.4, 0.5) is 11.5 Å². The summed E-state index contributed by atoms with van der Waals surface area (Å²) in [7, 11) is 0. The average Bonchev–Trinajstić information content (AvgIpc) is 2.35. The van der Waals surface area contributed by atoms with Crippen LogP contribution in [0.1, 0.15) is 10.4 Å². The van der Waals surface area contributed by atoms with E-state index in [1.165, 1.54) is 18.3 Å². The maximum absolute atomic E-state index is 11.8. The van der Waals surface area contributed by atoms with E-state index in [9.17, 15) is 9.90 Å². The van der Waals surface area contributed by atoms with Crippen LogP contribution in [0.2, 0.25) is 0 Å². The maximum atomic E-state index is 11.8. The zero-order chi connectivity index (χ0) is 13.1. The summed E-state index contributed by atoms with van der Waals surface area (Å²) in [5, 5.41) is 21.0. The van der Waals surface area contributed by atoms with Crippen molar-refractivity contribution >= 4 is 17.4 Å². The van der Waals surface area contributed by atoms with Crippen LogP contribution in [0.3, 0.4) is 0 Å². The first-order valence-electron chi connectivity index (χ1n) is 5.12. The Hall–Kier alpha value is -2.76. The minimum atomic E-state index is -0.476. The van der Waals surface area contributed by atoms with Crippen LogP contribution in [0, 0.1) is 0 Å². The molecule has 2 aromatic rings. The standard InChI is InChI=1S/C12H11N3O3/c13-8-2-1-5-14-11(8)15-12(18)7-3-4-9(16)10(17)6-7/h1-6,16-17H,13H2,(H,14,15,18). The predicted molar refractivity (Wildman–Crippen MR) is 66.4 cm³/mol. The number of hydrogen-bond acceptors (Lipinski definition) is 5. The summed E-state index contributed by atoms with van der Waals surface area (Å²) in [5.41, 5.74) is 6.17. The Balaban J connectivity index is 2.22. The number of phenols is 2. The number of nitrogens with zero attached hydrogens (tertiary/aromatic N) is 1. The fourth-order valence-corrected chi connectivity index (χ4v) is 1.37. The van der Waals surface area contributed by atoms with Crippen molar-refractivity contribution in [2.24, 2.45) is 0 Å². The average molecular weight is 245 g/mol. The van der Waals surface area contributed by atoms with Gasteiger partial charge in [0, 0.05) is 11.8 Å². The van der Waals surface area contributed by atoms with E-state index in [1.54, 1.807) is 12.1 Å². The summed E-state index contributed by atoms with van der Waals surface area (Å²) in [6.07, 6.45) is 1.50. The van der Waals surface area contributed by atoms with E-state index in [4.69, 9.17) is 10.8 Å². The van der Waals surface area contributed by atoms with Crippen LogP contribution in [0.5, 0.6) is 11.5 Å². The normalized spacial score (nSPS) is 10.0. The van der Waals surface area contributed by atoms with Gasteiger partial charge < -0.3 is 21.3 Å². The molecule has 92 valence electrons. The molecule has 5 N–H and O–H groups in total. The van der Waals surface area contributed by atoms with Crippen molar-refractivity contribution in [1.82, 2.24) is 4.98 Å². The first-order valence-corrected chi connectivity index (χ1v) is 5.12. The van der Waals surface area contributed by atoms with Gasteiger partial charge in [0.05, 0.1) is 5.69 Å². The van der Waals surface area contributed by atoms with Crippen molar-refractivity contribution in [3.8, 4) is 11.5 Å². The molecule has 0 aliphatic carbocycles. The molecule has 1 heterocycles. The highest BCUT2D eigenvalue weighted by Gasteiger charge is 2.10. The molecule has 0 spiro atoms. The number of aromatic hydroxyl groups is 2. The number of phenolic OH excluding ortho intramolecular Hbond substituents is 2. The molecule has 0 aliphatic heterocycles. The van der Waals surface area contributed by atoms with Gasteiger partial charge in [-0.1, -0.05) is 0 Å². The Labute approximate surface area is 103 Å². The van der Waals surface area contributed by atoms with E-state index < -0.39 is 5.91 Å². The lowest BCUT2D eigenvalue weighted by molar-refractivity contribution is 0.102. The molecule has 0 atom stereocenters. The summed E-state index contributed by atoms with van der Waals surface area (Å²) in [6, 6.07) is 7.02. The molecule has 1 amide bonds. The SMILES string of the molecule is Nc1cccnc1NC(=O)c1ccc(O)c(O)c1. The third kappa shape index (κ3) is 2.32. The van der Waals surface area contributed by atoms with Crippen LogP contribution in [0.25, 0.3) is 0 Å². The highest BCUT2D eigenvalue weighted by Crippen LogP contribution is 2.25. The summed E-state index contributed by atoms with van der Waals surface area (Å²) >= 11 is 0. The van der Waals surface area contributed by atoms with Crippen molar-refractivity contribution in [2.45, 2.75) is 0 Å². The van der Waals surface area contributed by atoms with E-state index >= 15 is 0 Å². The zero-order valence-corrected chi connectivity index (χ0v) is 9.29. The topological polar surface area (TPSA) is 108 Å². The second-order valence-electron chi connectivity index (χ2n) is 3.60. The highest BCUT2D eigenvalue weighted by atomic mass is 16.3. The Morgan fingerprint density at radius 3 is 2.67 bits per heavy atom. The lowest BCUT2D eigenvalue weighted by Crippen LogP contribution is -2.14. The number of anilines is 2. The molecule has 6 heteroatoms. The van der Waals surface area contributed by atoms with Crippen LogP contribution < -0.4 is 11.1 Å². The predicted octanol–water partition coefficient (Wildman–Crippen LogP) is 1.33. The van der Waals surface area contributed by atoms with Crippen LogP contribution in [0.15, 0.2) is 36.5 Å². The summed E-state index contributed by atoms with van der Waals surface area (Å²) < 4.78 is 0. The first-order chi connectivity index (χ1) is 8.58. The van der Waals surface area contributed by atoms with Gasteiger partial charge in [-0.05, 0) is 30.3 Å². The van der Waals surface area contributed by atoms with Crippen LogP contribution in [-0.4, -0.2) is 21.1 Å². The second kappa shape index (κ2) is 4.62. The number of carbonyl (C=O) groups excluding carboxylic acids is 1. The number of rotatable bonds is 2. The van der Waals surface area contributed by atoms with Gasteiger partial charge in [-0.15, -0.1) is 0 Å². The van der Waals surface area contributed by atoms with Crippen molar-refractivity contribution in [3.05, 3.63) is 42.1 Å². The van der Waals surface area contributed by atoms with Gasteiger partial charge in [-0.25, -0.2) is 4.98 Å². The molecule has 18 heavy (non-hydrogen) atoms. The summed E-state index contributed by atoms with van der Waals surface area (Å²) in [4.78, 5) is 15.7. The zero-order valence-electron chi connectivity index (χ0n) is 9.29.